The highest BCUT2D eigenvalue weighted by molar-refractivity contribution is 5.90. The average Bonchev–Trinajstić information content (AvgIpc) is 2.92. The fourth-order valence-electron chi connectivity index (χ4n) is 2.24. The van der Waals surface area contributed by atoms with E-state index < -0.39 is 5.97 Å². The number of aromatic carboxylic acids is 1. The van der Waals surface area contributed by atoms with Crippen LogP contribution in [0.2, 0.25) is 0 Å². The zero-order valence-electron chi connectivity index (χ0n) is 11.2. The molecule has 0 fully saturated rings. The molecule has 0 atom stereocenters. The van der Waals surface area contributed by atoms with Crippen LogP contribution in [0.15, 0.2) is 12.4 Å². The van der Waals surface area contributed by atoms with E-state index in [9.17, 15) is 9.90 Å². The number of rotatable bonds is 2. The van der Waals surface area contributed by atoms with Crippen molar-refractivity contribution < 1.29 is 9.90 Å². The largest absolute Gasteiger partial charge is 0.478 e. The molecule has 0 unspecified atom stereocenters. The van der Waals surface area contributed by atoms with Gasteiger partial charge in [0.15, 0.2) is 5.82 Å². The monoisotopic (exact) mass is 272 g/mol. The van der Waals surface area contributed by atoms with E-state index in [0.29, 0.717) is 23.0 Å². The van der Waals surface area contributed by atoms with E-state index in [1.165, 1.54) is 10.8 Å². The Hall–Kier alpha value is -2.77. The number of aryl methyl sites for hydroxylation is 2. The molecule has 0 aliphatic rings. The third-order valence-electron chi connectivity index (χ3n) is 3.08. The van der Waals surface area contributed by atoms with Crippen molar-refractivity contribution >= 4 is 11.7 Å². The molecule has 0 spiro atoms. The Morgan fingerprint density at radius 1 is 1.30 bits per heavy atom. The Labute approximate surface area is 113 Å². The molecule has 0 amide bonds. The molecule has 0 radical (unpaired) electrons. The molecule has 1 N–H and O–H groups in total. The first-order valence-electron chi connectivity index (χ1n) is 5.96. The molecule has 0 saturated heterocycles. The highest BCUT2D eigenvalue weighted by Crippen LogP contribution is 2.18. The summed E-state index contributed by atoms with van der Waals surface area (Å²) in [6.07, 6.45) is 1.40. The Bertz CT molecular complexity index is 832. The predicted octanol–water partition coefficient (Wildman–Crippen LogP) is 0.933. The molecule has 0 aromatic carbocycles. The van der Waals surface area contributed by atoms with Crippen LogP contribution in [0.3, 0.4) is 0 Å². The number of carbonyl (C=O) groups is 1. The molecular formula is C12H12N6O2. The molecule has 0 saturated carbocycles. The number of nitrogens with zero attached hydrogens (tertiary/aromatic N) is 6. The van der Waals surface area contributed by atoms with Crippen LogP contribution in [0.4, 0.5) is 0 Å². The van der Waals surface area contributed by atoms with Crippen molar-refractivity contribution in [2.45, 2.75) is 20.8 Å². The van der Waals surface area contributed by atoms with E-state index >= 15 is 0 Å². The van der Waals surface area contributed by atoms with Crippen molar-refractivity contribution in [3.8, 4) is 5.82 Å². The lowest BCUT2D eigenvalue weighted by Gasteiger charge is -2.07. The summed E-state index contributed by atoms with van der Waals surface area (Å²) in [5, 5.41) is 17.6. The van der Waals surface area contributed by atoms with E-state index in [-0.39, 0.29) is 5.56 Å². The summed E-state index contributed by atoms with van der Waals surface area (Å²) in [5.41, 5.74) is 1.95. The lowest BCUT2D eigenvalue weighted by molar-refractivity contribution is 0.0695. The van der Waals surface area contributed by atoms with Gasteiger partial charge in [-0.25, -0.2) is 14.5 Å². The first-order chi connectivity index (χ1) is 9.49. The summed E-state index contributed by atoms with van der Waals surface area (Å²) >= 11 is 0. The molecular weight excluding hydrogens is 260 g/mol. The third kappa shape index (κ3) is 1.65. The Morgan fingerprint density at radius 3 is 2.70 bits per heavy atom. The molecule has 8 heteroatoms. The first-order valence-corrected chi connectivity index (χ1v) is 5.96. The van der Waals surface area contributed by atoms with E-state index in [0.717, 1.165) is 5.69 Å². The topological polar surface area (TPSA) is 98.2 Å². The molecule has 102 valence electrons. The van der Waals surface area contributed by atoms with Gasteiger partial charge >= 0.3 is 5.97 Å². The number of carboxylic acid groups (broad SMARTS) is 1. The summed E-state index contributed by atoms with van der Waals surface area (Å²) in [6, 6.07) is 1.78. The van der Waals surface area contributed by atoms with Crippen LogP contribution in [0.1, 0.15) is 27.4 Å². The predicted molar refractivity (Wildman–Crippen MR) is 69.1 cm³/mol. The molecule has 3 aromatic heterocycles. The lowest BCUT2D eigenvalue weighted by Crippen LogP contribution is -2.09. The maximum atomic E-state index is 11.3. The third-order valence-corrected chi connectivity index (χ3v) is 3.08. The van der Waals surface area contributed by atoms with Crippen LogP contribution in [-0.2, 0) is 0 Å². The van der Waals surface area contributed by atoms with Crippen LogP contribution in [0.25, 0.3) is 11.6 Å². The maximum Gasteiger partial charge on any atom is 0.339 e. The highest BCUT2D eigenvalue weighted by atomic mass is 16.4. The number of carboxylic acids is 1. The van der Waals surface area contributed by atoms with E-state index in [1.807, 2.05) is 6.92 Å². The standard InChI is InChI=1S/C12H12N6O2/c1-6-4-9(18-12(15-6)13-5-14-18)17-8(3)10(11(19)20)7(2)16-17/h4-5H,1-3H3,(H,19,20). The number of aromatic nitrogens is 6. The number of hydrogen-bond acceptors (Lipinski definition) is 5. The summed E-state index contributed by atoms with van der Waals surface area (Å²) in [7, 11) is 0. The van der Waals surface area contributed by atoms with Gasteiger partial charge in [0.1, 0.15) is 11.9 Å². The van der Waals surface area contributed by atoms with Crippen molar-refractivity contribution in [3.05, 3.63) is 35.0 Å². The molecule has 0 aliphatic carbocycles. The fourth-order valence-corrected chi connectivity index (χ4v) is 2.24. The van der Waals surface area contributed by atoms with Crippen LogP contribution in [0.5, 0.6) is 0 Å². The van der Waals surface area contributed by atoms with Gasteiger partial charge < -0.3 is 5.11 Å². The minimum atomic E-state index is -0.994. The minimum absolute atomic E-state index is 0.202. The van der Waals surface area contributed by atoms with Crippen LogP contribution in [-0.4, -0.2) is 40.4 Å². The van der Waals surface area contributed by atoms with Gasteiger partial charge in [-0.1, -0.05) is 0 Å². The zero-order valence-corrected chi connectivity index (χ0v) is 11.2. The minimum Gasteiger partial charge on any atom is -0.478 e. The lowest BCUT2D eigenvalue weighted by atomic mass is 10.2. The Morgan fingerprint density at radius 2 is 2.05 bits per heavy atom. The van der Waals surface area contributed by atoms with Crippen LogP contribution >= 0.6 is 0 Å². The summed E-state index contributed by atoms with van der Waals surface area (Å²) < 4.78 is 3.08. The average molecular weight is 272 g/mol. The van der Waals surface area contributed by atoms with Crippen molar-refractivity contribution in [2.24, 2.45) is 0 Å². The van der Waals surface area contributed by atoms with Gasteiger partial charge in [-0.2, -0.15) is 19.7 Å². The second kappa shape index (κ2) is 4.12. The SMILES string of the molecule is Cc1cc(-n2nc(C)c(C(=O)O)c2C)n2ncnc2n1. The van der Waals surface area contributed by atoms with Gasteiger partial charge in [-0.15, -0.1) is 0 Å². The van der Waals surface area contributed by atoms with Gasteiger partial charge in [-0.05, 0) is 20.8 Å². The molecule has 0 bridgehead atoms. The number of hydrogen-bond donors (Lipinski definition) is 1. The van der Waals surface area contributed by atoms with Crippen molar-refractivity contribution in [1.29, 1.82) is 0 Å². The van der Waals surface area contributed by atoms with Gasteiger partial charge in [0.05, 0.1) is 11.4 Å². The van der Waals surface area contributed by atoms with Gasteiger partial charge in [0, 0.05) is 11.8 Å². The highest BCUT2D eigenvalue weighted by Gasteiger charge is 2.20. The quantitative estimate of drug-likeness (QED) is 0.745. The van der Waals surface area contributed by atoms with Crippen LogP contribution in [0, 0.1) is 20.8 Å². The second-order valence-electron chi connectivity index (χ2n) is 4.49. The maximum absolute atomic E-state index is 11.3. The summed E-state index contributed by atoms with van der Waals surface area (Å²) in [4.78, 5) is 19.6. The molecule has 3 heterocycles. The zero-order chi connectivity index (χ0) is 14.4. The molecule has 3 rings (SSSR count). The van der Waals surface area contributed by atoms with Gasteiger partial charge in [-0.3, -0.25) is 0 Å². The van der Waals surface area contributed by atoms with Gasteiger partial charge in [0.25, 0.3) is 5.78 Å². The summed E-state index contributed by atoms with van der Waals surface area (Å²) in [6.45, 7) is 5.21. The van der Waals surface area contributed by atoms with Crippen molar-refractivity contribution in [3.63, 3.8) is 0 Å². The summed E-state index contributed by atoms with van der Waals surface area (Å²) in [5.74, 6) is 0.0643. The smallest absolute Gasteiger partial charge is 0.339 e. The van der Waals surface area contributed by atoms with E-state index in [2.05, 4.69) is 20.2 Å². The normalized spacial score (nSPS) is 11.2. The van der Waals surface area contributed by atoms with Gasteiger partial charge in [0.2, 0.25) is 0 Å². The molecule has 8 nitrogen and oxygen atoms in total. The Balaban J connectivity index is 2.34. The van der Waals surface area contributed by atoms with Crippen molar-refractivity contribution in [2.75, 3.05) is 0 Å². The Kier molecular flexibility index (Phi) is 2.53. The van der Waals surface area contributed by atoms with Crippen molar-refractivity contribution in [1.82, 2.24) is 29.4 Å². The van der Waals surface area contributed by atoms with E-state index in [4.69, 9.17) is 0 Å². The molecule has 0 aliphatic heterocycles. The molecule has 3 aromatic rings. The van der Waals surface area contributed by atoms with E-state index in [1.54, 1.807) is 24.6 Å². The molecule has 20 heavy (non-hydrogen) atoms. The second-order valence-corrected chi connectivity index (χ2v) is 4.49. The fraction of sp³-hybridized carbons (Fsp3) is 0.250. The number of fused-ring (bicyclic) bond motifs is 1. The van der Waals surface area contributed by atoms with Crippen LogP contribution < -0.4 is 0 Å². The first kappa shape index (κ1) is 12.3.